The SMILES string of the molecule is CCO/N=C(/C(=O)NC1C(=O)N2C(C(=O)[O-])=C(COC)CS[C@H]12)c1csc(N)n1.[Na+]. The summed E-state index contributed by atoms with van der Waals surface area (Å²) in [6.07, 6.45) is 0. The van der Waals surface area contributed by atoms with Crippen LogP contribution in [-0.4, -0.2) is 70.9 Å². The topological polar surface area (TPSA) is 159 Å². The van der Waals surface area contributed by atoms with Gasteiger partial charge in [-0.05, 0) is 12.5 Å². The number of aromatic nitrogens is 1. The molecule has 3 heterocycles. The summed E-state index contributed by atoms with van der Waals surface area (Å²) in [5.74, 6) is -2.36. The van der Waals surface area contributed by atoms with Crippen molar-refractivity contribution in [1.82, 2.24) is 15.2 Å². The number of thioether (sulfide) groups is 1. The molecular formula is C16H18N5NaO6S2. The minimum atomic E-state index is -1.46. The second kappa shape index (κ2) is 10.6. The van der Waals surface area contributed by atoms with E-state index in [2.05, 4.69) is 15.5 Å². The average Bonchev–Trinajstić information content (AvgIpc) is 3.12. The number of fused-ring (bicyclic) bond motifs is 1. The van der Waals surface area contributed by atoms with Crippen LogP contribution < -0.4 is 45.7 Å². The Labute approximate surface area is 202 Å². The molecule has 14 heteroatoms. The minimum Gasteiger partial charge on any atom is -0.543 e. The number of nitrogens with zero attached hydrogens (tertiary/aromatic N) is 3. The van der Waals surface area contributed by atoms with Gasteiger partial charge in [0.2, 0.25) is 0 Å². The van der Waals surface area contributed by atoms with Crippen LogP contribution in [0.2, 0.25) is 0 Å². The summed E-state index contributed by atoms with van der Waals surface area (Å²) >= 11 is 2.45. The number of carbonyl (C=O) groups excluding carboxylic acids is 3. The first kappa shape index (κ1) is 24.6. The molecule has 0 saturated carbocycles. The summed E-state index contributed by atoms with van der Waals surface area (Å²) < 4.78 is 5.00. The molecule has 0 aromatic carbocycles. The van der Waals surface area contributed by atoms with Gasteiger partial charge in [-0.25, -0.2) is 4.98 Å². The van der Waals surface area contributed by atoms with Crippen molar-refractivity contribution in [1.29, 1.82) is 0 Å². The predicted octanol–water partition coefficient (Wildman–Crippen LogP) is -4.48. The van der Waals surface area contributed by atoms with E-state index in [-0.39, 0.29) is 65.0 Å². The van der Waals surface area contributed by atoms with Crippen LogP contribution in [0, 0.1) is 0 Å². The molecule has 1 fully saturated rings. The molecule has 3 N–H and O–H groups in total. The fraction of sp³-hybridized carbons (Fsp3) is 0.438. The number of carboxylic acids is 1. The number of aliphatic carboxylic acids is 1. The summed E-state index contributed by atoms with van der Waals surface area (Å²) in [7, 11) is 1.43. The molecule has 0 spiro atoms. The molecule has 11 nitrogen and oxygen atoms in total. The molecule has 1 aromatic heterocycles. The van der Waals surface area contributed by atoms with Crippen LogP contribution in [0.4, 0.5) is 5.13 Å². The van der Waals surface area contributed by atoms with Crippen molar-refractivity contribution in [2.45, 2.75) is 18.3 Å². The maximum absolute atomic E-state index is 12.7. The number of anilines is 1. The third kappa shape index (κ3) is 4.81. The van der Waals surface area contributed by atoms with E-state index >= 15 is 0 Å². The maximum atomic E-state index is 12.7. The van der Waals surface area contributed by atoms with Crippen molar-refractivity contribution < 1.29 is 58.6 Å². The van der Waals surface area contributed by atoms with Crippen LogP contribution in [-0.2, 0) is 24.0 Å². The molecule has 0 aliphatic carbocycles. The van der Waals surface area contributed by atoms with Gasteiger partial charge in [-0.3, -0.25) is 14.5 Å². The van der Waals surface area contributed by atoms with E-state index in [9.17, 15) is 19.5 Å². The van der Waals surface area contributed by atoms with Gasteiger partial charge in [0, 0.05) is 18.2 Å². The Morgan fingerprint density at radius 2 is 2.23 bits per heavy atom. The Kier molecular flexibility index (Phi) is 8.70. The van der Waals surface area contributed by atoms with Gasteiger partial charge in [0.05, 0.1) is 18.3 Å². The molecule has 2 aliphatic rings. The van der Waals surface area contributed by atoms with Crippen molar-refractivity contribution in [3.05, 3.63) is 22.3 Å². The van der Waals surface area contributed by atoms with Crippen LogP contribution in [0.5, 0.6) is 0 Å². The monoisotopic (exact) mass is 463 g/mol. The Hall–Kier alpha value is -1.64. The number of rotatable bonds is 8. The van der Waals surface area contributed by atoms with Gasteiger partial charge in [0.15, 0.2) is 10.8 Å². The summed E-state index contributed by atoms with van der Waals surface area (Å²) in [5, 5.41) is 19.1. The van der Waals surface area contributed by atoms with E-state index in [0.29, 0.717) is 11.3 Å². The number of thiazole rings is 1. The van der Waals surface area contributed by atoms with Gasteiger partial charge in [-0.1, -0.05) is 5.16 Å². The van der Waals surface area contributed by atoms with Crippen LogP contribution in [0.1, 0.15) is 12.6 Å². The molecule has 2 atom stereocenters. The van der Waals surface area contributed by atoms with Gasteiger partial charge in [-0.2, -0.15) is 0 Å². The van der Waals surface area contributed by atoms with E-state index in [0.717, 1.165) is 16.2 Å². The third-order valence-corrected chi connectivity index (χ3v) is 6.12. The summed E-state index contributed by atoms with van der Waals surface area (Å²) in [4.78, 5) is 47.0. The van der Waals surface area contributed by atoms with Gasteiger partial charge in [0.25, 0.3) is 11.8 Å². The number of nitrogen functional groups attached to an aromatic ring is 1. The largest absolute Gasteiger partial charge is 1.00 e. The second-order valence-electron chi connectivity index (χ2n) is 5.96. The first-order valence-corrected chi connectivity index (χ1v) is 10.4. The molecule has 2 amide bonds. The van der Waals surface area contributed by atoms with E-state index < -0.39 is 29.2 Å². The van der Waals surface area contributed by atoms with Crippen molar-refractivity contribution in [2.75, 3.05) is 31.8 Å². The molecular weight excluding hydrogens is 445 g/mol. The zero-order valence-electron chi connectivity index (χ0n) is 16.5. The molecule has 1 unspecified atom stereocenters. The molecule has 0 radical (unpaired) electrons. The van der Waals surface area contributed by atoms with Crippen LogP contribution in [0.25, 0.3) is 0 Å². The number of carboxylic acid groups (broad SMARTS) is 1. The number of hydrogen-bond donors (Lipinski definition) is 2. The predicted molar refractivity (Wildman–Crippen MR) is 104 cm³/mol. The summed E-state index contributed by atoms with van der Waals surface area (Å²) in [6.45, 7) is 2.00. The van der Waals surface area contributed by atoms with Gasteiger partial charge < -0.3 is 30.5 Å². The van der Waals surface area contributed by atoms with Crippen LogP contribution >= 0.6 is 23.1 Å². The van der Waals surface area contributed by atoms with Gasteiger partial charge in [-0.15, -0.1) is 23.1 Å². The smallest absolute Gasteiger partial charge is 0.543 e. The fourth-order valence-electron chi connectivity index (χ4n) is 2.90. The normalized spacial score (nSPS) is 20.8. The quantitative estimate of drug-likeness (QED) is 0.168. The zero-order chi connectivity index (χ0) is 21.1. The number of carbonyl (C=O) groups is 3. The van der Waals surface area contributed by atoms with Crippen molar-refractivity contribution in [3.8, 4) is 0 Å². The van der Waals surface area contributed by atoms with Gasteiger partial charge >= 0.3 is 29.6 Å². The van der Waals surface area contributed by atoms with Crippen LogP contribution in [0.15, 0.2) is 21.8 Å². The minimum absolute atomic E-state index is 0. The second-order valence-corrected chi connectivity index (χ2v) is 7.96. The fourth-order valence-corrected chi connectivity index (χ4v) is 4.77. The third-order valence-electron chi connectivity index (χ3n) is 4.11. The van der Waals surface area contributed by atoms with Crippen molar-refractivity contribution >= 4 is 51.7 Å². The number of oxime groups is 1. The van der Waals surface area contributed by atoms with E-state index in [4.69, 9.17) is 15.3 Å². The maximum Gasteiger partial charge on any atom is 1.00 e. The molecule has 1 aromatic rings. The summed E-state index contributed by atoms with van der Waals surface area (Å²) in [5.41, 5.74) is 5.95. The first-order chi connectivity index (χ1) is 13.9. The average molecular weight is 463 g/mol. The van der Waals surface area contributed by atoms with E-state index in [1.54, 1.807) is 12.3 Å². The Balaban J connectivity index is 0.00000320. The number of methoxy groups -OCH3 is 1. The number of nitrogens with one attached hydrogen (secondary N) is 1. The standard InChI is InChI=1S/C16H19N5O6S2.Na/c1-3-27-20-9(8-6-29-16(17)18-8)12(22)19-10-13(23)21-11(15(24)25)7(4-26-2)5-28-14(10)21;/h6,10,14H,3-5H2,1-2H3,(H2,17,18)(H,19,22)(H,24,25);/q;+1/p-1/b20-9+;/t10?,14-;/m1./s1. The van der Waals surface area contributed by atoms with Crippen molar-refractivity contribution in [2.24, 2.45) is 5.16 Å². The number of amides is 2. The Morgan fingerprint density at radius 1 is 1.50 bits per heavy atom. The van der Waals surface area contributed by atoms with Crippen LogP contribution in [0.3, 0.4) is 0 Å². The molecule has 3 rings (SSSR count). The molecule has 156 valence electrons. The first-order valence-electron chi connectivity index (χ1n) is 8.48. The number of β-lactam (4-membered cyclic amide) rings is 1. The Bertz CT molecular complexity index is 904. The Morgan fingerprint density at radius 3 is 2.80 bits per heavy atom. The zero-order valence-corrected chi connectivity index (χ0v) is 20.2. The van der Waals surface area contributed by atoms with E-state index in [1.165, 1.54) is 18.9 Å². The molecule has 2 aliphatic heterocycles. The molecule has 30 heavy (non-hydrogen) atoms. The number of hydrogen-bond acceptors (Lipinski definition) is 11. The number of nitrogens with two attached hydrogens (primary N) is 1. The van der Waals surface area contributed by atoms with Crippen molar-refractivity contribution in [3.63, 3.8) is 0 Å². The van der Waals surface area contributed by atoms with Gasteiger partial charge in [0.1, 0.15) is 23.7 Å². The molecule has 1 saturated heterocycles. The number of ether oxygens (including phenoxy) is 1. The molecule has 0 bridgehead atoms. The van der Waals surface area contributed by atoms with E-state index in [1.807, 2.05) is 0 Å². The summed E-state index contributed by atoms with van der Waals surface area (Å²) in [6, 6.07) is -0.922.